The van der Waals surface area contributed by atoms with Crippen LogP contribution in [0.5, 0.6) is 11.5 Å². The number of carbonyl (C=O) groups is 1. The Morgan fingerprint density at radius 2 is 1.74 bits per heavy atom. The molecule has 0 aliphatic carbocycles. The molecule has 6 nitrogen and oxygen atoms in total. The van der Waals surface area contributed by atoms with E-state index in [0.29, 0.717) is 22.8 Å². The van der Waals surface area contributed by atoms with E-state index in [1.165, 1.54) is 18.2 Å². The lowest BCUT2D eigenvalue weighted by atomic mass is 10.0. The van der Waals surface area contributed by atoms with Gasteiger partial charge in [-0.15, -0.1) is 0 Å². The molecule has 0 unspecified atom stereocenters. The molecule has 3 aromatic carbocycles. The predicted octanol–water partition coefficient (Wildman–Crippen LogP) is 7.87. The summed E-state index contributed by atoms with van der Waals surface area (Å²) in [5, 5.41) is 0. The van der Waals surface area contributed by atoms with Crippen molar-refractivity contribution in [3.05, 3.63) is 102 Å². The molecule has 1 atom stereocenters. The second-order valence-electron chi connectivity index (χ2n) is 10.0. The van der Waals surface area contributed by atoms with Crippen molar-refractivity contribution >= 4 is 22.7 Å². The van der Waals surface area contributed by atoms with Gasteiger partial charge >= 0.3 is 6.61 Å². The van der Waals surface area contributed by atoms with Crippen LogP contribution in [0.15, 0.2) is 90.2 Å². The van der Waals surface area contributed by atoms with Gasteiger partial charge in [0.2, 0.25) is 0 Å². The highest BCUT2D eigenvalue weighted by atomic mass is 32.2. The Kier molecular flexibility index (Phi) is 11.8. The van der Waals surface area contributed by atoms with Gasteiger partial charge in [-0.3, -0.25) is 9.00 Å². The number of allylic oxidation sites excluding steroid dienone is 1. The first kappa shape index (κ1) is 31.8. The van der Waals surface area contributed by atoms with Gasteiger partial charge in [0.15, 0.2) is 5.78 Å². The van der Waals surface area contributed by atoms with Crippen LogP contribution in [0.3, 0.4) is 0 Å². The number of rotatable bonds is 16. The predicted molar refractivity (Wildman–Crippen MR) is 166 cm³/mol. The maximum atomic E-state index is 13.1. The minimum absolute atomic E-state index is 0.0190. The van der Waals surface area contributed by atoms with E-state index in [-0.39, 0.29) is 18.0 Å². The third kappa shape index (κ3) is 9.44. The zero-order valence-electron chi connectivity index (χ0n) is 24.4. The Labute approximate surface area is 253 Å². The molecule has 0 bridgehead atoms. The number of aryl methyl sites for hydroxylation is 1. The summed E-state index contributed by atoms with van der Waals surface area (Å²) >= 11 is 0. The van der Waals surface area contributed by atoms with Gasteiger partial charge in [0.1, 0.15) is 11.5 Å². The summed E-state index contributed by atoms with van der Waals surface area (Å²) in [5.74, 6) is 0.896. The van der Waals surface area contributed by atoms with Crippen molar-refractivity contribution in [2.45, 2.75) is 63.3 Å². The monoisotopic (exact) mass is 606 g/mol. The van der Waals surface area contributed by atoms with Gasteiger partial charge in [-0.25, -0.2) is 4.98 Å². The number of imidazole rings is 1. The fourth-order valence-corrected chi connectivity index (χ4v) is 5.58. The number of nitrogens with zero attached hydrogens (tertiary/aromatic N) is 2. The van der Waals surface area contributed by atoms with Crippen LogP contribution in [0.2, 0.25) is 0 Å². The van der Waals surface area contributed by atoms with Crippen LogP contribution < -0.4 is 9.47 Å². The van der Waals surface area contributed by atoms with E-state index in [4.69, 9.17) is 9.47 Å². The molecule has 0 fully saturated rings. The Hall–Kier alpha value is -4.11. The van der Waals surface area contributed by atoms with Crippen LogP contribution >= 0.6 is 0 Å². The molecule has 4 rings (SSSR count). The summed E-state index contributed by atoms with van der Waals surface area (Å²) in [7, 11) is -1.25. The Morgan fingerprint density at radius 3 is 2.44 bits per heavy atom. The summed E-state index contributed by atoms with van der Waals surface area (Å²) in [6.45, 7) is 2.65. The van der Waals surface area contributed by atoms with E-state index in [2.05, 4.69) is 18.8 Å². The number of halogens is 2. The zero-order valence-corrected chi connectivity index (χ0v) is 25.2. The number of hydrogen-bond donors (Lipinski definition) is 0. The van der Waals surface area contributed by atoms with Gasteiger partial charge in [-0.2, -0.15) is 8.78 Å². The molecule has 226 valence electrons. The topological polar surface area (TPSA) is 70.4 Å². The molecule has 0 N–H and O–H groups in total. The Morgan fingerprint density at radius 1 is 1.00 bits per heavy atom. The highest BCUT2D eigenvalue weighted by Crippen LogP contribution is 2.30. The highest BCUT2D eigenvalue weighted by Gasteiger charge is 2.12. The molecule has 9 heteroatoms. The fraction of sp³-hybridized carbons (Fsp3) is 0.294. The van der Waals surface area contributed by atoms with Crippen molar-refractivity contribution in [2.24, 2.45) is 0 Å². The smallest absolute Gasteiger partial charge is 0.387 e. The molecule has 0 radical (unpaired) electrons. The van der Waals surface area contributed by atoms with Crippen molar-refractivity contribution in [1.82, 2.24) is 9.55 Å². The normalized spacial score (nSPS) is 12.1. The summed E-state index contributed by atoms with van der Waals surface area (Å²) in [6, 6.07) is 19.5. The van der Waals surface area contributed by atoms with Gasteiger partial charge in [0.05, 0.1) is 35.2 Å². The largest absolute Gasteiger partial charge is 0.494 e. The number of unbranched alkanes of at least 4 members (excludes halogenated alkanes) is 1. The van der Waals surface area contributed by atoms with Crippen LogP contribution in [0.4, 0.5) is 8.78 Å². The number of ketones is 1. The third-order valence-electron chi connectivity index (χ3n) is 6.74. The molecule has 0 aliphatic rings. The first-order valence-electron chi connectivity index (χ1n) is 14.4. The summed E-state index contributed by atoms with van der Waals surface area (Å²) in [5.41, 5.74) is 3.69. The van der Waals surface area contributed by atoms with Gasteiger partial charge < -0.3 is 14.0 Å². The summed E-state index contributed by atoms with van der Waals surface area (Å²) in [6.07, 6.45) is 9.43. The van der Waals surface area contributed by atoms with E-state index in [9.17, 15) is 17.8 Å². The number of alkyl halides is 2. The average molecular weight is 607 g/mol. The molecule has 4 aromatic rings. The van der Waals surface area contributed by atoms with Crippen LogP contribution in [0, 0.1) is 0 Å². The summed E-state index contributed by atoms with van der Waals surface area (Å²) < 4.78 is 51.5. The number of benzene rings is 3. The van der Waals surface area contributed by atoms with E-state index in [0.717, 1.165) is 53.9 Å². The standard InChI is InChI=1S/C34H36F2N2O4S/c1-3-5-19-41-31-13-9-26(10-14-31)27-11-17-33(42-34(35)36)28(21-27)8-12-30(39)20-25-6-15-32(16-7-25)43(40)23-29-22-37-24-38(29)18-4-2/h6-17,21-22,24,34H,3-5,18-20,23H2,1-2H3/b12-8+/t43-/m0/s1. The Bertz CT molecular complexity index is 1530. The molecule has 0 saturated carbocycles. The number of ether oxygens (including phenoxy) is 2. The Balaban J connectivity index is 1.42. The minimum Gasteiger partial charge on any atom is -0.494 e. The van der Waals surface area contributed by atoms with Crippen molar-refractivity contribution in [3.63, 3.8) is 0 Å². The average Bonchev–Trinajstić information content (AvgIpc) is 3.43. The molecule has 1 aromatic heterocycles. The van der Waals surface area contributed by atoms with E-state index in [1.807, 2.05) is 28.8 Å². The maximum Gasteiger partial charge on any atom is 0.387 e. The van der Waals surface area contributed by atoms with E-state index < -0.39 is 17.4 Å². The first-order chi connectivity index (χ1) is 20.9. The van der Waals surface area contributed by atoms with Gasteiger partial charge in [0.25, 0.3) is 0 Å². The minimum atomic E-state index is -3.00. The maximum absolute atomic E-state index is 13.1. The van der Waals surface area contributed by atoms with Gasteiger partial charge in [-0.05, 0) is 78.1 Å². The second-order valence-corrected chi connectivity index (χ2v) is 11.5. The van der Waals surface area contributed by atoms with Gasteiger partial charge in [-0.1, -0.05) is 50.6 Å². The molecule has 0 saturated heterocycles. The molecule has 1 heterocycles. The zero-order chi connectivity index (χ0) is 30.6. The van der Waals surface area contributed by atoms with E-state index >= 15 is 0 Å². The van der Waals surface area contributed by atoms with Crippen molar-refractivity contribution < 1.29 is 27.3 Å². The van der Waals surface area contributed by atoms with Crippen LogP contribution in [0.1, 0.15) is 49.9 Å². The molecular weight excluding hydrogens is 570 g/mol. The van der Waals surface area contributed by atoms with Crippen molar-refractivity contribution in [3.8, 4) is 22.6 Å². The second kappa shape index (κ2) is 15.9. The third-order valence-corrected chi connectivity index (χ3v) is 8.09. The van der Waals surface area contributed by atoms with Crippen molar-refractivity contribution in [1.29, 1.82) is 0 Å². The molecule has 0 amide bonds. The lowest BCUT2D eigenvalue weighted by molar-refractivity contribution is -0.113. The quantitative estimate of drug-likeness (QED) is 0.0959. The molecular formula is C34H36F2N2O4S. The van der Waals surface area contributed by atoms with Crippen LogP contribution in [-0.2, 0) is 34.3 Å². The highest BCUT2D eigenvalue weighted by molar-refractivity contribution is 7.84. The lowest BCUT2D eigenvalue weighted by Gasteiger charge is -2.11. The molecule has 0 spiro atoms. The van der Waals surface area contributed by atoms with Crippen molar-refractivity contribution in [2.75, 3.05) is 6.61 Å². The number of carbonyl (C=O) groups excluding carboxylic acids is 1. The first-order valence-corrected chi connectivity index (χ1v) is 15.7. The molecule has 43 heavy (non-hydrogen) atoms. The van der Waals surface area contributed by atoms with Crippen LogP contribution in [-0.4, -0.2) is 32.8 Å². The SMILES string of the molecule is CCCCOc1ccc(-c2ccc(OC(F)F)c(/C=C/C(=O)Cc3ccc([S@@](=O)Cc4cncn4CCC)cc3)c2)cc1. The van der Waals surface area contributed by atoms with E-state index in [1.54, 1.807) is 48.9 Å². The fourth-order valence-electron chi connectivity index (χ4n) is 4.47. The van der Waals surface area contributed by atoms with Crippen LogP contribution in [0.25, 0.3) is 17.2 Å². The lowest BCUT2D eigenvalue weighted by Crippen LogP contribution is -2.05. The molecule has 0 aliphatic heterocycles. The number of aromatic nitrogens is 2. The summed E-state index contributed by atoms with van der Waals surface area (Å²) in [4.78, 5) is 17.6. The van der Waals surface area contributed by atoms with Gasteiger partial charge in [0, 0.05) is 29.6 Å². The number of hydrogen-bond acceptors (Lipinski definition) is 5.